The van der Waals surface area contributed by atoms with Crippen molar-refractivity contribution in [3.8, 4) is 5.75 Å². The molecule has 0 saturated carbocycles. The van der Waals surface area contributed by atoms with Crippen LogP contribution >= 0.6 is 0 Å². The van der Waals surface area contributed by atoms with E-state index in [1.807, 2.05) is 0 Å². The van der Waals surface area contributed by atoms with Crippen LogP contribution in [0.25, 0.3) is 0 Å². The Morgan fingerprint density at radius 1 is 1.29 bits per heavy atom. The average Bonchev–Trinajstić information content (AvgIpc) is 3.09. The lowest BCUT2D eigenvalue weighted by atomic mass is 10.2. The highest BCUT2D eigenvalue weighted by molar-refractivity contribution is 6.01. The van der Waals surface area contributed by atoms with Gasteiger partial charge in [-0.05, 0) is 37.3 Å². The summed E-state index contributed by atoms with van der Waals surface area (Å²) in [5.41, 5.74) is 0.958. The van der Waals surface area contributed by atoms with Crippen molar-refractivity contribution < 1.29 is 23.5 Å². The molecule has 0 bridgehead atoms. The molecule has 3 amide bonds. The van der Waals surface area contributed by atoms with Gasteiger partial charge in [0.2, 0.25) is 5.91 Å². The van der Waals surface area contributed by atoms with E-state index < -0.39 is 17.9 Å². The molecule has 1 aromatic carbocycles. The van der Waals surface area contributed by atoms with Crippen LogP contribution in [0.2, 0.25) is 0 Å². The smallest absolute Gasteiger partial charge is 0.287 e. The number of hydrogen-bond donors (Lipinski definition) is 3. The predicted molar refractivity (Wildman–Crippen MR) is 84.8 cm³/mol. The summed E-state index contributed by atoms with van der Waals surface area (Å²) < 4.78 is 10.2. The largest absolute Gasteiger partial charge is 0.482 e. The molecule has 24 heavy (non-hydrogen) atoms. The standard InChI is InChI=1S/C16H15N3O5/c1-9(17-16(22)13-3-2-6-23-13)15(21)18-10-4-5-12-11(7-10)19-14(20)8-24-12/h2-7,9H,8H2,1H3,(H,17,22)(H,18,21)(H,19,20). The van der Waals surface area contributed by atoms with Gasteiger partial charge in [-0.15, -0.1) is 0 Å². The van der Waals surface area contributed by atoms with Gasteiger partial charge in [0.15, 0.2) is 12.4 Å². The fourth-order valence-electron chi connectivity index (χ4n) is 2.15. The molecular weight excluding hydrogens is 314 g/mol. The molecular formula is C16H15N3O5. The van der Waals surface area contributed by atoms with Gasteiger partial charge in [0.05, 0.1) is 12.0 Å². The molecule has 0 radical (unpaired) electrons. The highest BCUT2D eigenvalue weighted by atomic mass is 16.5. The van der Waals surface area contributed by atoms with Crippen LogP contribution in [0.3, 0.4) is 0 Å². The molecule has 3 rings (SSSR count). The quantitative estimate of drug-likeness (QED) is 0.785. The Labute approximate surface area is 137 Å². The Morgan fingerprint density at radius 3 is 2.88 bits per heavy atom. The van der Waals surface area contributed by atoms with Crippen LogP contribution in [0.4, 0.5) is 11.4 Å². The molecule has 1 atom stereocenters. The minimum absolute atomic E-state index is 0.0332. The maximum absolute atomic E-state index is 12.2. The van der Waals surface area contributed by atoms with E-state index in [-0.39, 0.29) is 18.3 Å². The number of fused-ring (bicyclic) bond motifs is 1. The van der Waals surface area contributed by atoms with E-state index in [9.17, 15) is 14.4 Å². The summed E-state index contributed by atoms with van der Waals surface area (Å²) in [6.07, 6.45) is 1.38. The van der Waals surface area contributed by atoms with Crippen molar-refractivity contribution in [2.45, 2.75) is 13.0 Å². The first-order chi connectivity index (χ1) is 11.5. The van der Waals surface area contributed by atoms with E-state index in [0.717, 1.165) is 0 Å². The highest BCUT2D eigenvalue weighted by Crippen LogP contribution is 2.30. The molecule has 1 aromatic heterocycles. The third-order valence-corrected chi connectivity index (χ3v) is 3.37. The van der Waals surface area contributed by atoms with Crippen molar-refractivity contribution in [3.05, 3.63) is 42.4 Å². The second kappa shape index (κ2) is 6.45. The van der Waals surface area contributed by atoms with Crippen molar-refractivity contribution in [2.75, 3.05) is 17.2 Å². The molecule has 2 heterocycles. The zero-order chi connectivity index (χ0) is 17.1. The Kier molecular flexibility index (Phi) is 4.19. The number of carbonyl (C=O) groups excluding carboxylic acids is 3. The molecule has 0 aliphatic carbocycles. The van der Waals surface area contributed by atoms with Gasteiger partial charge in [-0.25, -0.2) is 0 Å². The lowest BCUT2D eigenvalue weighted by Crippen LogP contribution is -2.41. The van der Waals surface area contributed by atoms with E-state index in [2.05, 4.69) is 16.0 Å². The first-order valence-electron chi connectivity index (χ1n) is 7.25. The summed E-state index contributed by atoms with van der Waals surface area (Å²) in [4.78, 5) is 35.3. The number of anilines is 2. The number of hydrogen-bond acceptors (Lipinski definition) is 5. The molecule has 0 fully saturated rings. The van der Waals surface area contributed by atoms with Crippen molar-refractivity contribution in [2.24, 2.45) is 0 Å². The van der Waals surface area contributed by atoms with Gasteiger partial charge in [0, 0.05) is 5.69 Å². The van der Waals surface area contributed by atoms with Crippen molar-refractivity contribution in [1.29, 1.82) is 0 Å². The molecule has 1 unspecified atom stereocenters. The van der Waals surface area contributed by atoms with Crippen LogP contribution in [0.5, 0.6) is 5.75 Å². The van der Waals surface area contributed by atoms with Crippen LogP contribution in [-0.4, -0.2) is 30.4 Å². The normalized spacial score (nSPS) is 14.0. The predicted octanol–water partition coefficient (Wildman–Crippen LogP) is 1.37. The number of benzene rings is 1. The topological polar surface area (TPSA) is 110 Å². The van der Waals surface area contributed by atoms with Gasteiger partial charge in [-0.3, -0.25) is 14.4 Å². The van der Waals surface area contributed by atoms with E-state index in [4.69, 9.17) is 9.15 Å². The van der Waals surface area contributed by atoms with Gasteiger partial charge >= 0.3 is 0 Å². The molecule has 8 heteroatoms. The van der Waals surface area contributed by atoms with Gasteiger partial charge in [0.25, 0.3) is 11.8 Å². The summed E-state index contributed by atoms with van der Waals surface area (Å²) in [6, 6.07) is 7.20. The Morgan fingerprint density at radius 2 is 2.12 bits per heavy atom. The second-order valence-corrected chi connectivity index (χ2v) is 5.21. The van der Waals surface area contributed by atoms with Gasteiger partial charge in [0.1, 0.15) is 11.8 Å². The van der Waals surface area contributed by atoms with Crippen LogP contribution in [0.1, 0.15) is 17.5 Å². The second-order valence-electron chi connectivity index (χ2n) is 5.21. The summed E-state index contributed by atoms with van der Waals surface area (Å²) in [5, 5.41) is 7.85. The molecule has 2 aromatic rings. The van der Waals surface area contributed by atoms with E-state index in [0.29, 0.717) is 17.1 Å². The SMILES string of the molecule is CC(NC(=O)c1ccco1)C(=O)Nc1ccc2c(c1)NC(=O)CO2. The number of carbonyl (C=O) groups is 3. The zero-order valence-electron chi connectivity index (χ0n) is 12.8. The minimum Gasteiger partial charge on any atom is -0.482 e. The highest BCUT2D eigenvalue weighted by Gasteiger charge is 2.20. The maximum Gasteiger partial charge on any atom is 0.287 e. The molecule has 1 aliphatic heterocycles. The fraction of sp³-hybridized carbons (Fsp3) is 0.188. The molecule has 124 valence electrons. The Bertz CT molecular complexity index is 785. The van der Waals surface area contributed by atoms with E-state index in [1.165, 1.54) is 12.3 Å². The third-order valence-electron chi connectivity index (χ3n) is 3.37. The fourth-order valence-corrected chi connectivity index (χ4v) is 2.15. The van der Waals surface area contributed by atoms with Gasteiger partial charge in [-0.2, -0.15) is 0 Å². The summed E-state index contributed by atoms with van der Waals surface area (Å²) in [5.74, 6) is -0.480. The van der Waals surface area contributed by atoms with Gasteiger partial charge in [-0.1, -0.05) is 0 Å². The molecule has 0 saturated heterocycles. The summed E-state index contributed by atoms with van der Waals surface area (Å²) >= 11 is 0. The van der Waals surface area contributed by atoms with E-state index in [1.54, 1.807) is 31.2 Å². The number of furan rings is 1. The van der Waals surface area contributed by atoms with Crippen LogP contribution in [-0.2, 0) is 9.59 Å². The zero-order valence-corrected chi connectivity index (χ0v) is 12.8. The minimum atomic E-state index is -0.774. The first-order valence-corrected chi connectivity index (χ1v) is 7.25. The average molecular weight is 329 g/mol. The van der Waals surface area contributed by atoms with Crippen molar-refractivity contribution in [3.63, 3.8) is 0 Å². The Hall–Kier alpha value is -3.29. The summed E-state index contributed by atoms with van der Waals surface area (Å²) in [6.45, 7) is 1.52. The first kappa shape index (κ1) is 15.6. The Balaban J connectivity index is 1.63. The lowest BCUT2D eigenvalue weighted by molar-refractivity contribution is -0.119. The molecule has 0 spiro atoms. The molecule has 3 N–H and O–H groups in total. The monoisotopic (exact) mass is 329 g/mol. The van der Waals surface area contributed by atoms with Crippen LogP contribution < -0.4 is 20.7 Å². The maximum atomic E-state index is 12.2. The van der Waals surface area contributed by atoms with Crippen molar-refractivity contribution in [1.82, 2.24) is 5.32 Å². The van der Waals surface area contributed by atoms with Crippen LogP contribution in [0.15, 0.2) is 41.0 Å². The molecule has 1 aliphatic rings. The number of rotatable bonds is 4. The molecule has 8 nitrogen and oxygen atoms in total. The lowest BCUT2D eigenvalue weighted by Gasteiger charge is -2.19. The van der Waals surface area contributed by atoms with E-state index >= 15 is 0 Å². The van der Waals surface area contributed by atoms with Gasteiger partial charge < -0.3 is 25.1 Å². The number of nitrogens with one attached hydrogen (secondary N) is 3. The summed E-state index contributed by atoms with van der Waals surface area (Å²) in [7, 11) is 0. The third kappa shape index (κ3) is 3.37. The van der Waals surface area contributed by atoms with Crippen LogP contribution in [0, 0.1) is 0 Å². The number of ether oxygens (including phenoxy) is 1. The number of amides is 3. The van der Waals surface area contributed by atoms with Crippen molar-refractivity contribution >= 4 is 29.1 Å².